The quantitative estimate of drug-likeness (QED) is 0.106. The predicted molar refractivity (Wildman–Crippen MR) is 233 cm³/mol. The Bertz CT molecular complexity index is 2390. The van der Waals surface area contributed by atoms with Crippen molar-refractivity contribution < 1.29 is 41.7 Å². The van der Waals surface area contributed by atoms with Crippen molar-refractivity contribution in [3.63, 3.8) is 0 Å². The number of likely N-dealkylation sites (tertiary alicyclic amines) is 1. The third-order valence-corrected chi connectivity index (χ3v) is 9.81. The summed E-state index contributed by atoms with van der Waals surface area (Å²) >= 11 is 0. The van der Waals surface area contributed by atoms with Crippen molar-refractivity contribution in [2.75, 3.05) is 37.6 Å². The van der Waals surface area contributed by atoms with E-state index in [1.165, 1.54) is 78.9 Å². The summed E-state index contributed by atoms with van der Waals surface area (Å²) in [7, 11) is 0. The van der Waals surface area contributed by atoms with E-state index >= 15 is 0 Å². The van der Waals surface area contributed by atoms with Gasteiger partial charge in [0.25, 0.3) is 5.91 Å². The minimum atomic E-state index is -1.22. The Morgan fingerprint density at radius 1 is 0.587 bits per heavy atom. The van der Waals surface area contributed by atoms with Crippen molar-refractivity contribution >= 4 is 48.3 Å². The van der Waals surface area contributed by atoms with Gasteiger partial charge in [-0.1, -0.05) is 0 Å². The van der Waals surface area contributed by atoms with Gasteiger partial charge >= 0.3 is 5.97 Å². The molecule has 8 rings (SSSR count). The van der Waals surface area contributed by atoms with Crippen molar-refractivity contribution in [3.05, 3.63) is 155 Å². The van der Waals surface area contributed by atoms with Gasteiger partial charge in [0.15, 0.2) is 23.1 Å². The van der Waals surface area contributed by atoms with Gasteiger partial charge in [0.05, 0.1) is 17.0 Å². The average Bonchev–Trinajstić information content (AvgIpc) is 3.27. The number of nitrogens with one attached hydrogen (secondary N) is 1. The second kappa shape index (κ2) is 23.6. The molecule has 0 unspecified atom stereocenters. The highest BCUT2D eigenvalue weighted by atomic mass is 35.5. The van der Waals surface area contributed by atoms with Crippen molar-refractivity contribution in [1.82, 2.24) is 30.6 Å². The standard InChI is InChI=1S/C22H20F2N4O2.C13H8F2O3.C9H14N4.2ClH/c23-16-2-4-17(5-3-16)30-20-7-1-15(13-18(20)24)22(29)28-11-9-14(10-12-28)19-6-8-21(25)27-26-19;14-9-2-4-10(5-3-9)18-12-6-1-8(13(16)17)7-11(12)15;10-9-2-1-8(12-13-9)7-3-5-11-6-4-7;;/h1-8,13-14H,9-12H2,(H2,25,27);1-7H,(H,16,17);1-2,7,11H,3-6H2,(H2,10,13);2*1H. The van der Waals surface area contributed by atoms with Crippen molar-refractivity contribution in [3.8, 4) is 23.0 Å². The maximum Gasteiger partial charge on any atom is 0.335 e. The predicted octanol–water partition coefficient (Wildman–Crippen LogP) is 8.97. The van der Waals surface area contributed by atoms with Crippen LogP contribution in [0.15, 0.2) is 109 Å². The van der Waals surface area contributed by atoms with E-state index in [2.05, 4.69) is 25.7 Å². The smallest absolute Gasteiger partial charge is 0.335 e. The lowest BCUT2D eigenvalue weighted by Crippen LogP contribution is -2.38. The monoisotopic (exact) mass is 910 g/mol. The van der Waals surface area contributed by atoms with Crippen LogP contribution in [-0.4, -0.2) is 68.5 Å². The van der Waals surface area contributed by atoms with E-state index in [0.717, 1.165) is 56.2 Å². The molecule has 13 nitrogen and oxygen atoms in total. The van der Waals surface area contributed by atoms with Gasteiger partial charge < -0.3 is 36.3 Å². The summed E-state index contributed by atoms with van der Waals surface area (Å²) in [5.41, 5.74) is 13.1. The Morgan fingerprint density at radius 3 is 1.43 bits per heavy atom. The molecular weight excluding hydrogens is 867 g/mol. The van der Waals surface area contributed by atoms with E-state index in [1.54, 1.807) is 11.0 Å². The topological polar surface area (TPSA) is 192 Å². The Hall–Kier alpha value is -6.56. The van der Waals surface area contributed by atoms with Crippen molar-refractivity contribution in [1.29, 1.82) is 0 Å². The van der Waals surface area contributed by atoms with Crippen LogP contribution in [0.2, 0.25) is 0 Å². The molecule has 2 aliphatic rings. The lowest BCUT2D eigenvalue weighted by atomic mass is 9.93. The molecule has 19 heteroatoms. The number of rotatable bonds is 8. The Balaban J connectivity index is 0.000000225. The molecule has 63 heavy (non-hydrogen) atoms. The molecule has 4 aromatic carbocycles. The van der Waals surface area contributed by atoms with Gasteiger partial charge in [0.2, 0.25) is 0 Å². The van der Waals surface area contributed by atoms with Crippen LogP contribution in [0.1, 0.15) is 69.6 Å². The number of carboxylic acid groups (broad SMARTS) is 1. The van der Waals surface area contributed by atoms with Gasteiger partial charge in [-0.25, -0.2) is 22.4 Å². The minimum Gasteiger partial charge on any atom is -0.478 e. The molecule has 2 fully saturated rings. The zero-order chi connectivity index (χ0) is 43.3. The number of piperidine rings is 2. The van der Waals surface area contributed by atoms with E-state index in [-0.39, 0.29) is 65.0 Å². The van der Waals surface area contributed by atoms with Crippen LogP contribution in [0.25, 0.3) is 0 Å². The van der Waals surface area contributed by atoms with E-state index < -0.39 is 29.2 Å². The van der Waals surface area contributed by atoms with Crippen LogP contribution in [0, 0.1) is 23.3 Å². The van der Waals surface area contributed by atoms with Crippen LogP contribution in [0.5, 0.6) is 23.0 Å². The average molecular weight is 912 g/mol. The minimum absolute atomic E-state index is 0. The van der Waals surface area contributed by atoms with E-state index in [9.17, 15) is 27.2 Å². The van der Waals surface area contributed by atoms with Gasteiger partial charge in [-0.15, -0.1) is 35.0 Å². The zero-order valence-electron chi connectivity index (χ0n) is 33.5. The maximum atomic E-state index is 14.5. The SMILES string of the molecule is Cl.Cl.Nc1ccc(C2CCN(C(=O)c3ccc(Oc4ccc(F)cc4)c(F)c3)CC2)nn1.Nc1ccc(C2CCNCC2)nn1.O=C(O)c1ccc(Oc2ccc(F)cc2)c(F)c1. The number of nitrogens with zero attached hydrogens (tertiary/aromatic N) is 5. The summed E-state index contributed by atoms with van der Waals surface area (Å²) in [6.07, 6.45) is 3.80. The maximum absolute atomic E-state index is 14.5. The third-order valence-electron chi connectivity index (χ3n) is 9.81. The molecule has 2 saturated heterocycles. The highest BCUT2D eigenvalue weighted by Crippen LogP contribution is 2.30. The van der Waals surface area contributed by atoms with Crippen molar-refractivity contribution in [2.24, 2.45) is 0 Å². The fraction of sp³-hybridized carbons (Fsp3) is 0.227. The number of nitrogens with two attached hydrogens (primary N) is 2. The molecule has 0 atom stereocenters. The first-order valence-electron chi connectivity index (χ1n) is 19.3. The normalized spacial score (nSPS) is 13.7. The first kappa shape index (κ1) is 49.1. The molecule has 6 N–H and O–H groups in total. The van der Waals surface area contributed by atoms with Crippen LogP contribution in [0.4, 0.5) is 29.2 Å². The van der Waals surface area contributed by atoms with Crippen LogP contribution < -0.4 is 26.3 Å². The molecule has 0 spiro atoms. The number of anilines is 2. The molecule has 0 bridgehead atoms. The van der Waals surface area contributed by atoms with Gasteiger partial charge in [0.1, 0.15) is 34.8 Å². The number of ether oxygens (including phenoxy) is 2. The van der Waals surface area contributed by atoms with Crippen LogP contribution >= 0.6 is 24.8 Å². The Kier molecular flexibility index (Phi) is 18.4. The van der Waals surface area contributed by atoms with Gasteiger partial charge in [-0.2, -0.15) is 10.2 Å². The number of hydrogen-bond acceptors (Lipinski definition) is 11. The van der Waals surface area contributed by atoms with E-state index in [1.807, 2.05) is 18.2 Å². The summed E-state index contributed by atoms with van der Waals surface area (Å²) in [4.78, 5) is 25.1. The Labute approximate surface area is 372 Å². The highest BCUT2D eigenvalue weighted by Gasteiger charge is 2.26. The second-order valence-corrected chi connectivity index (χ2v) is 14.1. The summed E-state index contributed by atoms with van der Waals surface area (Å²) in [5, 5.41) is 28.0. The molecule has 332 valence electrons. The zero-order valence-corrected chi connectivity index (χ0v) is 35.1. The Morgan fingerprint density at radius 2 is 1.02 bits per heavy atom. The van der Waals surface area contributed by atoms with Crippen LogP contribution in [-0.2, 0) is 0 Å². The fourth-order valence-corrected chi connectivity index (χ4v) is 6.51. The van der Waals surface area contributed by atoms with Gasteiger partial charge in [0, 0.05) is 30.5 Å². The first-order valence-corrected chi connectivity index (χ1v) is 19.3. The molecule has 0 radical (unpaired) electrons. The number of amides is 1. The van der Waals surface area contributed by atoms with E-state index in [4.69, 9.17) is 26.0 Å². The molecule has 4 heterocycles. The van der Waals surface area contributed by atoms with Crippen LogP contribution in [0.3, 0.4) is 0 Å². The first-order chi connectivity index (χ1) is 29.4. The number of carbonyl (C=O) groups excluding carboxylic acids is 1. The highest BCUT2D eigenvalue weighted by molar-refractivity contribution is 5.94. The number of halogens is 6. The number of aromatic carboxylic acids is 1. The summed E-state index contributed by atoms with van der Waals surface area (Å²) in [6.45, 7) is 3.25. The molecule has 0 saturated carbocycles. The van der Waals surface area contributed by atoms with Crippen molar-refractivity contribution in [2.45, 2.75) is 37.5 Å². The summed E-state index contributed by atoms with van der Waals surface area (Å²) in [5.74, 6) is -1.66. The third kappa shape index (κ3) is 14.2. The number of nitrogen functional groups attached to an aromatic ring is 2. The molecule has 2 aliphatic heterocycles. The largest absolute Gasteiger partial charge is 0.478 e. The van der Waals surface area contributed by atoms with Gasteiger partial charge in [-0.05, 0) is 148 Å². The number of carbonyl (C=O) groups is 2. The number of hydrogen-bond donors (Lipinski definition) is 4. The lowest BCUT2D eigenvalue weighted by Gasteiger charge is -2.31. The summed E-state index contributed by atoms with van der Waals surface area (Å²) < 4.78 is 64.2. The van der Waals surface area contributed by atoms with E-state index in [0.29, 0.717) is 36.4 Å². The second-order valence-electron chi connectivity index (χ2n) is 14.1. The molecule has 2 aromatic heterocycles. The van der Waals surface area contributed by atoms with Gasteiger partial charge in [-0.3, -0.25) is 4.79 Å². The summed E-state index contributed by atoms with van der Waals surface area (Å²) in [6, 6.07) is 25.1. The molecule has 6 aromatic rings. The number of aromatic nitrogens is 4. The number of carboxylic acids is 1. The molecule has 0 aliphatic carbocycles. The lowest BCUT2D eigenvalue weighted by molar-refractivity contribution is 0.0692. The molecular formula is C44H44Cl2F4N8O5. The number of benzene rings is 4. The fourth-order valence-electron chi connectivity index (χ4n) is 6.51. The molecule has 1 amide bonds.